The van der Waals surface area contributed by atoms with Gasteiger partial charge in [-0.2, -0.15) is 0 Å². The molecule has 0 spiro atoms. The molecule has 0 bridgehead atoms. The van der Waals surface area contributed by atoms with Crippen LogP contribution in [0.1, 0.15) is 17.3 Å². The van der Waals surface area contributed by atoms with Gasteiger partial charge in [0.25, 0.3) is 5.91 Å². The lowest BCUT2D eigenvalue weighted by molar-refractivity contribution is -0.914. The number of hydrogen-bond acceptors (Lipinski definition) is 3. The standard InChI is InChI=1S/C20H24N4O2/c1-15(20(26)22-17-9-7-16(8-10-17)19(21)25)23-11-13-24(14-12-23)18-5-3-2-4-6-18/h2-10,15H,11-14H2,1H3,(H2,21,25)(H,22,26)/p+1/t15-/m0/s1. The summed E-state index contributed by atoms with van der Waals surface area (Å²) in [5.41, 5.74) is 7.57. The van der Waals surface area contributed by atoms with Crippen LogP contribution >= 0.6 is 0 Å². The number of rotatable bonds is 5. The molecule has 1 aliphatic heterocycles. The maximum absolute atomic E-state index is 12.5. The normalized spacial score (nSPS) is 16.1. The third-order valence-electron chi connectivity index (χ3n) is 4.97. The second-order valence-corrected chi connectivity index (χ2v) is 6.63. The van der Waals surface area contributed by atoms with Crippen LogP contribution in [-0.4, -0.2) is 44.0 Å². The van der Waals surface area contributed by atoms with E-state index in [4.69, 9.17) is 5.73 Å². The molecule has 1 saturated heterocycles. The number of anilines is 2. The third kappa shape index (κ3) is 4.21. The van der Waals surface area contributed by atoms with E-state index in [-0.39, 0.29) is 11.9 Å². The Bertz CT molecular complexity index is 753. The predicted octanol–water partition coefficient (Wildman–Crippen LogP) is 0.518. The SMILES string of the molecule is C[C@@H](C(=O)Nc1ccc(C(N)=O)cc1)[NH+]1CCN(c2ccccc2)CC1. The number of para-hydroxylation sites is 1. The van der Waals surface area contributed by atoms with Crippen molar-refractivity contribution in [2.45, 2.75) is 13.0 Å². The number of amides is 2. The van der Waals surface area contributed by atoms with E-state index in [1.54, 1.807) is 24.3 Å². The summed E-state index contributed by atoms with van der Waals surface area (Å²) < 4.78 is 0. The van der Waals surface area contributed by atoms with Gasteiger partial charge < -0.3 is 20.9 Å². The van der Waals surface area contributed by atoms with Crippen LogP contribution < -0.4 is 20.9 Å². The number of benzene rings is 2. The van der Waals surface area contributed by atoms with Crippen molar-refractivity contribution in [3.8, 4) is 0 Å². The first-order chi connectivity index (χ1) is 12.5. The molecule has 0 unspecified atom stereocenters. The number of quaternary nitrogens is 1. The van der Waals surface area contributed by atoms with Crippen LogP contribution in [0.25, 0.3) is 0 Å². The maximum atomic E-state index is 12.5. The zero-order valence-electron chi connectivity index (χ0n) is 14.9. The number of piperazine rings is 1. The molecule has 1 heterocycles. The van der Waals surface area contributed by atoms with E-state index in [1.807, 2.05) is 25.1 Å². The lowest BCUT2D eigenvalue weighted by Crippen LogP contribution is -3.19. The van der Waals surface area contributed by atoms with E-state index in [0.29, 0.717) is 11.3 Å². The number of carbonyl (C=O) groups excluding carboxylic acids is 2. The average molecular weight is 353 g/mol. The highest BCUT2D eigenvalue weighted by molar-refractivity contribution is 5.95. The molecule has 26 heavy (non-hydrogen) atoms. The van der Waals surface area contributed by atoms with Crippen molar-refractivity contribution >= 4 is 23.2 Å². The number of nitrogens with two attached hydrogens (primary N) is 1. The fourth-order valence-electron chi connectivity index (χ4n) is 3.28. The summed E-state index contributed by atoms with van der Waals surface area (Å²) in [5.74, 6) is -0.489. The summed E-state index contributed by atoms with van der Waals surface area (Å²) in [6.07, 6.45) is 0. The van der Waals surface area contributed by atoms with E-state index < -0.39 is 5.91 Å². The van der Waals surface area contributed by atoms with Gasteiger partial charge in [0, 0.05) is 16.9 Å². The van der Waals surface area contributed by atoms with E-state index >= 15 is 0 Å². The number of primary amides is 1. The van der Waals surface area contributed by atoms with Gasteiger partial charge in [-0.1, -0.05) is 18.2 Å². The zero-order chi connectivity index (χ0) is 18.5. The van der Waals surface area contributed by atoms with Crippen molar-refractivity contribution in [2.24, 2.45) is 5.73 Å². The van der Waals surface area contributed by atoms with Gasteiger partial charge in [0.15, 0.2) is 6.04 Å². The highest BCUT2D eigenvalue weighted by Crippen LogP contribution is 2.13. The Balaban J connectivity index is 1.53. The van der Waals surface area contributed by atoms with Crippen LogP contribution in [0.3, 0.4) is 0 Å². The van der Waals surface area contributed by atoms with E-state index in [9.17, 15) is 9.59 Å². The Morgan fingerprint density at radius 3 is 2.23 bits per heavy atom. The molecule has 0 aromatic heterocycles. The summed E-state index contributed by atoms with van der Waals surface area (Å²) in [4.78, 5) is 27.3. The minimum absolute atomic E-state index is 0.0139. The molecular weight excluding hydrogens is 328 g/mol. The molecule has 6 nitrogen and oxygen atoms in total. The summed E-state index contributed by atoms with van der Waals surface area (Å²) >= 11 is 0. The van der Waals surface area contributed by atoms with Gasteiger partial charge in [-0.3, -0.25) is 9.59 Å². The van der Waals surface area contributed by atoms with Gasteiger partial charge in [0.1, 0.15) is 0 Å². The largest absolute Gasteiger partial charge is 0.366 e. The summed E-state index contributed by atoms with van der Waals surface area (Å²) in [6, 6.07) is 16.9. The first-order valence-corrected chi connectivity index (χ1v) is 8.90. The lowest BCUT2D eigenvalue weighted by atomic mass is 10.1. The van der Waals surface area contributed by atoms with Gasteiger partial charge >= 0.3 is 0 Å². The monoisotopic (exact) mass is 353 g/mol. The predicted molar refractivity (Wildman–Crippen MR) is 102 cm³/mol. The Kier molecular flexibility index (Phi) is 5.53. The van der Waals surface area contributed by atoms with E-state index in [0.717, 1.165) is 26.2 Å². The Morgan fingerprint density at radius 1 is 1.04 bits per heavy atom. The highest BCUT2D eigenvalue weighted by atomic mass is 16.2. The maximum Gasteiger partial charge on any atom is 0.282 e. The Labute approximate surface area is 153 Å². The van der Waals surface area contributed by atoms with Crippen LogP contribution in [0.5, 0.6) is 0 Å². The lowest BCUT2D eigenvalue weighted by Gasteiger charge is -2.36. The van der Waals surface area contributed by atoms with Gasteiger partial charge in [0.2, 0.25) is 5.91 Å². The minimum atomic E-state index is -0.475. The Morgan fingerprint density at radius 2 is 1.65 bits per heavy atom. The molecule has 3 rings (SSSR count). The molecule has 1 fully saturated rings. The summed E-state index contributed by atoms with van der Waals surface area (Å²) in [6.45, 7) is 5.67. The van der Waals surface area contributed by atoms with Crippen LogP contribution in [0.4, 0.5) is 11.4 Å². The molecule has 2 aromatic rings. The summed E-state index contributed by atoms with van der Waals surface area (Å²) in [5, 5.41) is 2.92. The molecule has 0 radical (unpaired) electrons. The van der Waals surface area contributed by atoms with Crippen molar-refractivity contribution in [1.82, 2.24) is 0 Å². The molecule has 1 aliphatic rings. The average Bonchev–Trinajstić information content (AvgIpc) is 2.68. The number of nitrogens with zero attached hydrogens (tertiary/aromatic N) is 1. The fraction of sp³-hybridized carbons (Fsp3) is 0.300. The van der Waals surface area contributed by atoms with Crippen molar-refractivity contribution in [3.63, 3.8) is 0 Å². The molecule has 0 aliphatic carbocycles. The number of nitrogens with one attached hydrogen (secondary N) is 2. The van der Waals surface area contributed by atoms with E-state index in [1.165, 1.54) is 10.6 Å². The molecule has 136 valence electrons. The quantitative estimate of drug-likeness (QED) is 0.733. The van der Waals surface area contributed by atoms with Crippen molar-refractivity contribution < 1.29 is 14.5 Å². The smallest absolute Gasteiger partial charge is 0.282 e. The first-order valence-electron chi connectivity index (χ1n) is 8.90. The highest BCUT2D eigenvalue weighted by Gasteiger charge is 2.29. The Hall–Kier alpha value is -2.86. The van der Waals surface area contributed by atoms with Crippen molar-refractivity contribution in [3.05, 3.63) is 60.2 Å². The molecule has 1 atom stereocenters. The molecule has 4 N–H and O–H groups in total. The molecule has 2 aromatic carbocycles. The van der Waals surface area contributed by atoms with Gasteiger partial charge in [-0.05, 0) is 43.3 Å². The van der Waals surface area contributed by atoms with Crippen molar-refractivity contribution in [2.75, 3.05) is 36.4 Å². The van der Waals surface area contributed by atoms with Gasteiger partial charge in [0.05, 0.1) is 26.2 Å². The van der Waals surface area contributed by atoms with Crippen LogP contribution in [-0.2, 0) is 4.79 Å². The first kappa shape index (κ1) is 17.9. The molecule has 0 saturated carbocycles. The molecule has 6 heteroatoms. The van der Waals surface area contributed by atoms with E-state index in [2.05, 4.69) is 22.3 Å². The van der Waals surface area contributed by atoms with Crippen LogP contribution in [0.15, 0.2) is 54.6 Å². The molecule has 2 amide bonds. The number of carbonyl (C=O) groups is 2. The third-order valence-corrected chi connectivity index (χ3v) is 4.97. The number of hydrogen-bond donors (Lipinski definition) is 3. The van der Waals surface area contributed by atoms with Gasteiger partial charge in [-0.25, -0.2) is 0 Å². The van der Waals surface area contributed by atoms with Crippen LogP contribution in [0.2, 0.25) is 0 Å². The minimum Gasteiger partial charge on any atom is -0.366 e. The van der Waals surface area contributed by atoms with Gasteiger partial charge in [-0.15, -0.1) is 0 Å². The fourth-order valence-corrected chi connectivity index (χ4v) is 3.28. The topological polar surface area (TPSA) is 79.9 Å². The zero-order valence-corrected chi connectivity index (χ0v) is 14.9. The summed E-state index contributed by atoms with van der Waals surface area (Å²) in [7, 11) is 0. The second kappa shape index (κ2) is 8.01. The van der Waals surface area contributed by atoms with Crippen molar-refractivity contribution in [1.29, 1.82) is 0 Å². The molecular formula is C20H25N4O2+. The van der Waals surface area contributed by atoms with Crippen LogP contribution in [0, 0.1) is 0 Å². The second-order valence-electron chi connectivity index (χ2n) is 6.63.